The lowest BCUT2D eigenvalue weighted by Crippen LogP contribution is -2.25. The summed E-state index contributed by atoms with van der Waals surface area (Å²) in [7, 11) is 3.90. The van der Waals surface area contributed by atoms with Gasteiger partial charge in [0, 0.05) is 43.5 Å². The van der Waals surface area contributed by atoms with Gasteiger partial charge in [0.05, 0.1) is 18.1 Å². The third-order valence-electron chi connectivity index (χ3n) is 6.16. The van der Waals surface area contributed by atoms with Gasteiger partial charge in [-0.15, -0.1) is 10.2 Å². The van der Waals surface area contributed by atoms with Gasteiger partial charge in [-0.2, -0.15) is 5.10 Å². The van der Waals surface area contributed by atoms with Gasteiger partial charge in [-0.25, -0.2) is 4.79 Å². The Morgan fingerprint density at radius 1 is 1.11 bits per heavy atom. The lowest BCUT2D eigenvalue weighted by atomic mass is 9.82. The number of esters is 1. The summed E-state index contributed by atoms with van der Waals surface area (Å²) in [6.07, 6.45) is 0. The van der Waals surface area contributed by atoms with Gasteiger partial charge in [-0.3, -0.25) is 9.89 Å². The molecule has 0 aliphatic carbocycles. The fraction of sp³-hybridized carbons (Fsp3) is 0.250. The molecule has 2 aromatic carbocycles. The molecular weight excluding hydrogens is 484 g/mol. The smallest absolute Gasteiger partial charge is 0.338 e. The number of nitrogens with zero attached hydrogens (tertiary/aromatic N) is 4. The number of carbonyl (C=O) groups is 2. The summed E-state index contributed by atoms with van der Waals surface area (Å²) in [5.41, 5.74) is 3.76. The molecule has 1 aliphatic heterocycles. The second kappa shape index (κ2) is 11.1. The fourth-order valence-electron chi connectivity index (χ4n) is 4.26. The number of allylic oxidation sites excluding steroid dienone is 1. The number of carbonyl (C=O) groups excluding carboxylic acids is 2. The highest BCUT2D eigenvalue weighted by atomic mass is 16.5. The van der Waals surface area contributed by atoms with Crippen LogP contribution < -0.4 is 10.2 Å². The van der Waals surface area contributed by atoms with Crippen LogP contribution in [0.15, 0.2) is 81.9 Å². The van der Waals surface area contributed by atoms with E-state index in [1.54, 1.807) is 37.3 Å². The van der Waals surface area contributed by atoms with Crippen LogP contribution in [0.2, 0.25) is 0 Å². The van der Waals surface area contributed by atoms with E-state index in [1.807, 2.05) is 50.2 Å². The fourth-order valence-corrected chi connectivity index (χ4v) is 4.26. The van der Waals surface area contributed by atoms with E-state index >= 15 is 0 Å². The molecule has 0 bridgehead atoms. The molecule has 1 aliphatic rings. The predicted molar refractivity (Wildman–Crippen MR) is 145 cm³/mol. The van der Waals surface area contributed by atoms with Gasteiger partial charge in [0.2, 0.25) is 0 Å². The number of aliphatic hydroxyl groups is 1. The maximum Gasteiger partial charge on any atom is 0.338 e. The van der Waals surface area contributed by atoms with E-state index in [0.717, 1.165) is 22.5 Å². The number of azo groups is 1. The number of anilines is 2. The number of nitrogens with one attached hydrogen (secondary N) is 2. The van der Waals surface area contributed by atoms with Crippen molar-refractivity contribution in [3.05, 3.63) is 94.1 Å². The molecular formula is C28H30N6O4. The van der Waals surface area contributed by atoms with Crippen molar-refractivity contribution < 1.29 is 19.4 Å². The number of rotatable bonds is 8. The van der Waals surface area contributed by atoms with Gasteiger partial charge >= 0.3 is 5.97 Å². The van der Waals surface area contributed by atoms with Crippen LogP contribution in [-0.4, -0.2) is 47.8 Å². The van der Waals surface area contributed by atoms with Crippen LogP contribution in [0, 0.1) is 6.92 Å². The topological polar surface area (TPSA) is 132 Å². The number of H-pyrrole nitrogens is 1. The molecule has 0 spiro atoms. The maximum absolute atomic E-state index is 13.4. The van der Waals surface area contributed by atoms with Gasteiger partial charge in [0.25, 0.3) is 0 Å². The predicted octanol–water partition coefficient (Wildman–Crippen LogP) is 5.08. The van der Waals surface area contributed by atoms with Gasteiger partial charge in [0.1, 0.15) is 0 Å². The zero-order valence-corrected chi connectivity index (χ0v) is 21.9. The molecule has 10 heteroatoms. The highest BCUT2D eigenvalue weighted by Gasteiger charge is 2.38. The molecule has 1 aromatic heterocycles. The van der Waals surface area contributed by atoms with Crippen molar-refractivity contribution in [3.8, 4) is 0 Å². The lowest BCUT2D eigenvalue weighted by Gasteiger charge is -2.27. The highest BCUT2D eigenvalue weighted by Crippen LogP contribution is 2.43. The third-order valence-corrected chi connectivity index (χ3v) is 6.16. The monoisotopic (exact) mass is 514 g/mol. The molecule has 1 atom stereocenters. The highest BCUT2D eigenvalue weighted by molar-refractivity contribution is 5.99. The van der Waals surface area contributed by atoms with Crippen LogP contribution in [-0.2, 0) is 14.3 Å². The normalized spacial score (nSPS) is 15.6. The summed E-state index contributed by atoms with van der Waals surface area (Å²) in [5.74, 6) is -1.40. The first-order valence-corrected chi connectivity index (χ1v) is 12.1. The second-order valence-corrected chi connectivity index (χ2v) is 8.96. The summed E-state index contributed by atoms with van der Waals surface area (Å²) in [5, 5.41) is 29.5. The minimum atomic E-state index is -0.581. The number of benzene rings is 2. The molecule has 3 N–H and O–H groups in total. The van der Waals surface area contributed by atoms with Gasteiger partial charge in [-0.1, -0.05) is 42.5 Å². The Morgan fingerprint density at radius 3 is 2.39 bits per heavy atom. The van der Waals surface area contributed by atoms with Crippen LogP contribution in [0.25, 0.3) is 5.76 Å². The number of ether oxygens (including phenoxy) is 1. The maximum atomic E-state index is 13.4. The number of hydrogen-bond donors (Lipinski definition) is 3. The number of aryl methyl sites for hydroxylation is 1. The van der Waals surface area contributed by atoms with E-state index in [2.05, 4.69) is 25.7 Å². The van der Waals surface area contributed by atoms with E-state index in [1.165, 1.54) is 6.92 Å². The Kier molecular flexibility index (Phi) is 7.71. The van der Waals surface area contributed by atoms with Crippen LogP contribution in [0.5, 0.6) is 0 Å². The van der Waals surface area contributed by atoms with E-state index in [9.17, 15) is 14.7 Å². The standard InChI is InChI=1S/C28H30N6O4/c1-6-38-28(37)23-22(18-12-14-20(15-13-18)34(4)5)21-16(2)30-32-26(21)29-27(23)33-31-24(17(3)35)25(36)19-10-8-7-9-11-19/h7-15,22,36H,6H2,1-5H3,(H2,29,30,32). The summed E-state index contributed by atoms with van der Waals surface area (Å²) in [6, 6.07) is 16.4. The minimum Gasteiger partial charge on any atom is -0.505 e. The van der Waals surface area contributed by atoms with Crippen molar-refractivity contribution in [2.45, 2.75) is 26.7 Å². The van der Waals surface area contributed by atoms with Crippen LogP contribution in [0.3, 0.4) is 0 Å². The zero-order chi connectivity index (χ0) is 27.4. The van der Waals surface area contributed by atoms with Crippen molar-refractivity contribution in [1.29, 1.82) is 0 Å². The van der Waals surface area contributed by atoms with Crippen molar-refractivity contribution in [3.63, 3.8) is 0 Å². The first kappa shape index (κ1) is 26.3. The molecule has 0 radical (unpaired) electrons. The van der Waals surface area contributed by atoms with E-state index < -0.39 is 17.7 Å². The molecule has 10 nitrogen and oxygen atoms in total. The Morgan fingerprint density at radius 2 is 1.79 bits per heavy atom. The molecule has 2 heterocycles. The van der Waals surface area contributed by atoms with Crippen LogP contribution in [0.1, 0.15) is 42.1 Å². The number of ketones is 1. The largest absolute Gasteiger partial charge is 0.505 e. The first-order valence-electron chi connectivity index (χ1n) is 12.1. The Hall–Kier alpha value is -4.73. The number of aromatic amines is 1. The molecule has 4 rings (SSSR count). The minimum absolute atomic E-state index is 0.0729. The summed E-state index contributed by atoms with van der Waals surface area (Å²) < 4.78 is 5.42. The molecule has 38 heavy (non-hydrogen) atoms. The molecule has 0 saturated heterocycles. The number of hydrogen-bond acceptors (Lipinski definition) is 9. The summed E-state index contributed by atoms with van der Waals surface area (Å²) >= 11 is 0. The van der Waals surface area contributed by atoms with E-state index in [0.29, 0.717) is 11.4 Å². The summed E-state index contributed by atoms with van der Waals surface area (Å²) in [4.78, 5) is 27.7. The van der Waals surface area contributed by atoms with Crippen LogP contribution in [0.4, 0.5) is 11.5 Å². The van der Waals surface area contributed by atoms with Crippen molar-refractivity contribution >= 4 is 29.0 Å². The zero-order valence-electron chi connectivity index (χ0n) is 21.9. The second-order valence-electron chi connectivity index (χ2n) is 8.96. The molecule has 3 aromatic rings. The van der Waals surface area contributed by atoms with Gasteiger partial charge in [-0.05, 0) is 31.5 Å². The molecule has 0 saturated carbocycles. The Balaban J connectivity index is 1.89. The molecule has 1 unspecified atom stereocenters. The lowest BCUT2D eigenvalue weighted by molar-refractivity contribution is -0.138. The first-order chi connectivity index (χ1) is 18.2. The number of aromatic nitrogens is 2. The number of fused-ring (bicyclic) bond motifs is 1. The molecule has 0 amide bonds. The number of Topliss-reactive ketones (excluding diaryl/α,β-unsaturated/α-hetero) is 1. The average molecular weight is 515 g/mol. The molecule has 196 valence electrons. The van der Waals surface area contributed by atoms with Gasteiger partial charge < -0.3 is 20.1 Å². The molecule has 0 fully saturated rings. The Bertz CT molecular complexity index is 1440. The van der Waals surface area contributed by atoms with E-state index in [4.69, 9.17) is 4.74 Å². The van der Waals surface area contributed by atoms with Crippen molar-refractivity contribution in [1.82, 2.24) is 10.2 Å². The van der Waals surface area contributed by atoms with Gasteiger partial charge in [0.15, 0.2) is 28.9 Å². The number of aliphatic hydroxyl groups excluding tert-OH is 1. The van der Waals surface area contributed by atoms with Crippen molar-refractivity contribution in [2.24, 2.45) is 10.2 Å². The van der Waals surface area contributed by atoms with Crippen LogP contribution >= 0.6 is 0 Å². The van der Waals surface area contributed by atoms with E-state index in [-0.39, 0.29) is 29.5 Å². The van der Waals surface area contributed by atoms with Crippen molar-refractivity contribution in [2.75, 3.05) is 30.9 Å². The average Bonchev–Trinajstić information content (AvgIpc) is 3.28. The Labute approximate surface area is 220 Å². The summed E-state index contributed by atoms with van der Waals surface area (Å²) in [6.45, 7) is 5.04. The quantitative estimate of drug-likeness (QED) is 0.165. The SMILES string of the molecule is CCOC(=O)C1=C(N=NC(C(C)=O)=C(O)c2ccccc2)Nc2n[nH]c(C)c2C1c1ccc(N(C)C)cc1. The third kappa shape index (κ3) is 5.19.